The van der Waals surface area contributed by atoms with Gasteiger partial charge in [-0.2, -0.15) is 0 Å². The second-order valence-corrected chi connectivity index (χ2v) is 7.10. The molecule has 0 aliphatic carbocycles. The predicted molar refractivity (Wildman–Crippen MR) is 93.2 cm³/mol. The summed E-state index contributed by atoms with van der Waals surface area (Å²) in [6, 6.07) is 5.91. The Kier molecular flexibility index (Phi) is 4.46. The van der Waals surface area contributed by atoms with Gasteiger partial charge >= 0.3 is 12.1 Å². The number of carbonyl (C=O) groups is 2. The molecule has 2 aliphatic heterocycles. The van der Waals surface area contributed by atoms with Crippen LogP contribution < -0.4 is 5.32 Å². The van der Waals surface area contributed by atoms with Crippen molar-refractivity contribution in [1.82, 2.24) is 20.1 Å². The fourth-order valence-corrected chi connectivity index (χ4v) is 3.82. The molecular weight excluding hydrogens is 359 g/mol. The molecule has 2 aliphatic rings. The van der Waals surface area contributed by atoms with E-state index in [0.29, 0.717) is 32.8 Å². The quantitative estimate of drug-likeness (QED) is 0.892. The van der Waals surface area contributed by atoms with Gasteiger partial charge in [0.1, 0.15) is 17.4 Å². The van der Waals surface area contributed by atoms with E-state index in [0.717, 1.165) is 16.3 Å². The maximum Gasteiger partial charge on any atom is 0.410 e. The van der Waals surface area contributed by atoms with Gasteiger partial charge in [0.15, 0.2) is 0 Å². The molecule has 0 spiro atoms. The van der Waals surface area contributed by atoms with Gasteiger partial charge in [-0.25, -0.2) is 19.0 Å². The van der Waals surface area contributed by atoms with E-state index in [4.69, 9.17) is 4.74 Å². The van der Waals surface area contributed by atoms with Crippen molar-refractivity contribution in [1.29, 1.82) is 0 Å². The number of carbonyl (C=O) groups excluding carboxylic acids is 2. The van der Waals surface area contributed by atoms with E-state index < -0.39 is 0 Å². The van der Waals surface area contributed by atoms with Gasteiger partial charge in [-0.05, 0) is 24.3 Å². The minimum atomic E-state index is -0.300. The molecule has 1 aromatic heterocycles. The third-order valence-corrected chi connectivity index (χ3v) is 5.34. The van der Waals surface area contributed by atoms with Crippen LogP contribution in [-0.2, 0) is 11.3 Å². The van der Waals surface area contributed by atoms with Crippen molar-refractivity contribution in [2.75, 3.05) is 26.2 Å². The lowest BCUT2D eigenvalue weighted by atomic mass is 10.2. The van der Waals surface area contributed by atoms with Crippen LogP contribution in [0.25, 0.3) is 11.3 Å². The molecule has 2 fully saturated rings. The number of nitrogens with zero attached hydrogens (tertiary/aromatic N) is 3. The molecule has 3 amide bonds. The van der Waals surface area contributed by atoms with Crippen LogP contribution in [0.4, 0.5) is 14.0 Å². The number of rotatable bonds is 3. The molecule has 0 saturated carbocycles. The zero-order valence-corrected chi connectivity index (χ0v) is 14.7. The number of benzene rings is 1. The monoisotopic (exact) mass is 376 g/mol. The number of nitrogens with one attached hydrogen (secondary N) is 1. The Bertz CT molecular complexity index is 826. The van der Waals surface area contributed by atoms with E-state index in [1.807, 2.05) is 5.38 Å². The van der Waals surface area contributed by atoms with Crippen molar-refractivity contribution in [3.05, 3.63) is 40.5 Å². The van der Waals surface area contributed by atoms with Crippen LogP contribution in [0.15, 0.2) is 29.6 Å². The zero-order valence-electron chi connectivity index (χ0n) is 13.9. The Morgan fingerprint density at radius 1 is 1.35 bits per heavy atom. The number of thiazole rings is 1. The summed E-state index contributed by atoms with van der Waals surface area (Å²) in [5, 5.41) is 5.52. The van der Waals surface area contributed by atoms with Gasteiger partial charge in [0, 0.05) is 30.6 Å². The number of hydrogen-bond donors (Lipinski definition) is 1. The topological polar surface area (TPSA) is 74.8 Å². The molecular formula is C17H17FN4O3S. The van der Waals surface area contributed by atoms with Crippen molar-refractivity contribution in [2.45, 2.75) is 12.6 Å². The van der Waals surface area contributed by atoms with Crippen LogP contribution >= 0.6 is 11.3 Å². The van der Waals surface area contributed by atoms with E-state index in [1.165, 1.54) is 23.5 Å². The van der Waals surface area contributed by atoms with Crippen LogP contribution in [0.2, 0.25) is 0 Å². The van der Waals surface area contributed by atoms with Gasteiger partial charge < -0.3 is 15.0 Å². The van der Waals surface area contributed by atoms with E-state index in [2.05, 4.69) is 10.3 Å². The largest absolute Gasteiger partial charge is 0.447 e. The standard InChI is InChI=1S/C17H17FN4O3S/c18-12-3-1-11(2-4-12)14-10-26-15(20-14)7-19-16(23)21-5-6-22-13(8-21)9-25-17(22)24/h1-4,10,13H,5-9H2,(H,19,23)/t13-/m1/s1. The number of urea groups is 1. The lowest BCUT2D eigenvalue weighted by molar-refractivity contribution is 0.127. The summed E-state index contributed by atoms with van der Waals surface area (Å²) < 4.78 is 18.0. The number of piperazine rings is 1. The molecule has 4 rings (SSSR count). The Hall–Kier alpha value is -2.68. The summed E-state index contributed by atoms with van der Waals surface area (Å²) in [6.07, 6.45) is -0.300. The van der Waals surface area contributed by atoms with Gasteiger partial charge in [-0.3, -0.25) is 4.90 Å². The molecule has 2 aromatic rings. The van der Waals surface area contributed by atoms with E-state index in [1.54, 1.807) is 21.9 Å². The maximum atomic E-state index is 13.0. The summed E-state index contributed by atoms with van der Waals surface area (Å²) >= 11 is 1.44. The average molecular weight is 376 g/mol. The number of ether oxygens (including phenoxy) is 1. The molecule has 3 heterocycles. The molecule has 0 bridgehead atoms. The van der Waals surface area contributed by atoms with Crippen molar-refractivity contribution < 1.29 is 18.7 Å². The van der Waals surface area contributed by atoms with Crippen LogP contribution in [0.5, 0.6) is 0 Å². The first-order valence-corrected chi connectivity index (χ1v) is 9.14. The first-order chi connectivity index (χ1) is 12.6. The maximum absolute atomic E-state index is 13.0. The molecule has 0 unspecified atom stereocenters. The van der Waals surface area contributed by atoms with Gasteiger partial charge in [0.25, 0.3) is 0 Å². The SMILES string of the molecule is O=C(NCc1nc(-c2ccc(F)cc2)cs1)N1CCN2C(=O)OC[C@H]2C1. The molecule has 7 nitrogen and oxygen atoms in total. The van der Waals surface area contributed by atoms with Crippen LogP contribution in [0, 0.1) is 5.82 Å². The Labute approximate surface area is 153 Å². The number of hydrogen-bond acceptors (Lipinski definition) is 5. The number of fused-ring (bicyclic) bond motifs is 1. The number of aromatic nitrogens is 1. The number of halogens is 1. The summed E-state index contributed by atoms with van der Waals surface area (Å²) in [7, 11) is 0. The average Bonchev–Trinajstić information content (AvgIpc) is 3.27. The molecule has 2 saturated heterocycles. The molecule has 136 valence electrons. The first kappa shape index (κ1) is 16.8. The Morgan fingerprint density at radius 3 is 2.96 bits per heavy atom. The highest BCUT2D eigenvalue weighted by atomic mass is 32.1. The van der Waals surface area contributed by atoms with Crippen molar-refractivity contribution in [2.24, 2.45) is 0 Å². The highest BCUT2D eigenvalue weighted by molar-refractivity contribution is 7.09. The van der Waals surface area contributed by atoms with Gasteiger partial charge in [0.05, 0.1) is 18.3 Å². The second kappa shape index (κ2) is 6.91. The van der Waals surface area contributed by atoms with Crippen LogP contribution in [0.3, 0.4) is 0 Å². The summed E-state index contributed by atoms with van der Waals surface area (Å²) in [4.78, 5) is 31.7. The minimum Gasteiger partial charge on any atom is -0.447 e. The fraction of sp³-hybridized carbons (Fsp3) is 0.353. The van der Waals surface area contributed by atoms with Gasteiger partial charge in [0.2, 0.25) is 0 Å². The fourth-order valence-electron chi connectivity index (χ4n) is 3.08. The highest BCUT2D eigenvalue weighted by Gasteiger charge is 2.38. The lowest BCUT2D eigenvalue weighted by Gasteiger charge is -2.35. The minimum absolute atomic E-state index is 0.0630. The second-order valence-electron chi connectivity index (χ2n) is 6.16. The molecule has 1 atom stereocenters. The zero-order chi connectivity index (χ0) is 18.1. The van der Waals surface area contributed by atoms with Crippen molar-refractivity contribution >= 4 is 23.5 Å². The van der Waals surface area contributed by atoms with E-state index in [9.17, 15) is 14.0 Å². The Balaban J connectivity index is 1.32. The van der Waals surface area contributed by atoms with Gasteiger partial charge in [-0.1, -0.05) is 0 Å². The summed E-state index contributed by atoms with van der Waals surface area (Å²) in [6.45, 7) is 2.09. The smallest absolute Gasteiger partial charge is 0.410 e. The molecule has 0 radical (unpaired) electrons. The molecule has 26 heavy (non-hydrogen) atoms. The molecule has 1 N–H and O–H groups in total. The third-order valence-electron chi connectivity index (χ3n) is 4.49. The normalized spacial score (nSPS) is 19.3. The highest BCUT2D eigenvalue weighted by Crippen LogP contribution is 2.22. The first-order valence-electron chi connectivity index (χ1n) is 8.26. The number of cyclic esters (lactones) is 1. The Morgan fingerprint density at radius 2 is 2.15 bits per heavy atom. The number of amides is 3. The summed E-state index contributed by atoms with van der Waals surface area (Å²) in [5.74, 6) is -0.286. The molecule has 1 aromatic carbocycles. The third kappa shape index (κ3) is 3.34. The van der Waals surface area contributed by atoms with Crippen LogP contribution in [-0.4, -0.2) is 59.2 Å². The molecule has 9 heteroatoms. The van der Waals surface area contributed by atoms with Crippen LogP contribution in [0.1, 0.15) is 5.01 Å². The van der Waals surface area contributed by atoms with Crippen molar-refractivity contribution in [3.8, 4) is 11.3 Å². The lowest BCUT2D eigenvalue weighted by Crippen LogP contribution is -2.55. The summed E-state index contributed by atoms with van der Waals surface area (Å²) in [5.41, 5.74) is 1.59. The van der Waals surface area contributed by atoms with Crippen molar-refractivity contribution in [3.63, 3.8) is 0 Å². The van der Waals surface area contributed by atoms with Gasteiger partial charge in [-0.15, -0.1) is 11.3 Å². The predicted octanol–water partition coefficient (Wildman–Crippen LogP) is 2.30. The van der Waals surface area contributed by atoms with E-state index in [-0.39, 0.29) is 24.0 Å². The van der Waals surface area contributed by atoms with E-state index >= 15 is 0 Å².